The van der Waals surface area contributed by atoms with Crippen LogP contribution in [0.1, 0.15) is 42.2 Å². The van der Waals surface area contributed by atoms with Crippen LogP contribution in [0.5, 0.6) is 11.8 Å². The zero-order chi connectivity index (χ0) is 14.3. The lowest BCUT2D eigenvalue weighted by Crippen LogP contribution is -2.22. The first-order valence-electron chi connectivity index (χ1n) is 7.59. The van der Waals surface area contributed by atoms with Crippen molar-refractivity contribution < 1.29 is 10.2 Å². The Balaban J connectivity index is 1.76. The summed E-state index contributed by atoms with van der Waals surface area (Å²) in [6, 6.07) is 7.26. The third-order valence-corrected chi connectivity index (χ3v) is 5.95. The lowest BCUT2D eigenvalue weighted by molar-refractivity contribution is 0.322. The van der Waals surface area contributed by atoms with E-state index in [-0.39, 0.29) is 11.8 Å². The molecule has 0 radical (unpaired) electrons. The fourth-order valence-electron chi connectivity index (χ4n) is 4.84. The molecule has 2 fully saturated rings. The standard InChI is InChI=1S/C17H16ClNO2/c18-8-2-1-3-9(6-8)19-16(20)14-10-4-5-11(13-7-12(10)13)15(14)17(19)21/h1-3,6,10-13,20-21H,4-5,7H2/t10-,11+,12+,13-. The number of hydrogen-bond donors (Lipinski definition) is 2. The highest BCUT2D eigenvalue weighted by Gasteiger charge is 2.58. The first kappa shape index (κ1) is 12.0. The normalized spacial score (nSPS) is 31.9. The van der Waals surface area contributed by atoms with Crippen molar-refractivity contribution in [1.82, 2.24) is 4.57 Å². The lowest BCUT2D eigenvalue weighted by atomic mass is 9.68. The van der Waals surface area contributed by atoms with Gasteiger partial charge >= 0.3 is 0 Å². The molecule has 0 spiro atoms. The van der Waals surface area contributed by atoms with Crippen LogP contribution in [0.2, 0.25) is 5.02 Å². The van der Waals surface area contributed by atoms with Crippen LogP contribution >= 0.6 is 11.6 Å². The molecule has 0 unspecified atom stereocenters. The van der Waals surface area contributed by atoms with Crippen molar-refractivity contribution >= 4 is 11.6 Å². The molecule has 2 N–H and O–H groups in total. The predicted octanol–water partition coefficient (Wildman–Crippen LogP) is 4.15. The molecule has 1 aromatic carbocycles. The first-order chi connectivity index (χ1) is 10.2. The Labute approximate surface area is 127 Å². The molecule has 1 aromatic heterocycles. The average molecular weight is 302 g/mol. The van der Waals surface area contributed by atoms with Crippen LogP contribution in [0.4, 0.5) is 0 Å². The van der Waals surface area contributed by atoms with Crippen molar-refractivity contribution in [2.45, 2.75) is 31.1 Å². The summed E-state index contributed by atoms with van der Waals surface area (Å²) in [4.78, 5) is 0. The predicted molar refractivity (Wildman–Crippen MR) is 80.4 cm³/mol. The monoisotopic (exact) mass is 301 g/mol. The zero-order valence-corrected chi connectivity index (χ0v) is 12.2. The van der Waals surface area contributed by atoms with Gasteiger partial charge in [-0.1, -0.05) is 17.7 Å². The molecule has 4 atom stereocenters. The van der Waals surface area contributed by atoms with E-state index in [9.17, 15) is 10.2 Å². The summed E-state index contributed by atoms with van der Waals surface area (Å²) < 4.78 is 1.56. The maximum Gasteiger partial charge on any atom is 0.202 e. The van der Waals surface area contributed by atoms with Crippen LogP contribution in [0.15, 0.2) is 24.3 Å². The van der Waals surface area contributed by atoms with E-state index in [2.05, 4.69) is 0 Å². The molecule has 2 aromatic rings. The molecule has 2 saturated carbocycles. The number of rotatable bonds is 1. The average Bonchev–Trinajstić information content (AvgIpc) is 3.24. The van der Waals surface area contributed by atoms with Crippen LogP contribution in [0, 0.1) is 11.8 Å². The van der Waals surface area contributed by atoms with Gasteiger partial charge in [0, 0.05) is 16.1 Å². The summed E-state index contributed by atoms with van der Waals surface area (Å²) in [6.45, 7) is 0. The summed E-state index contributed by atoms with van der Waals surface area (Å²) in [7, 11) is 0. The van der Waals surface area contributed by atoms with Crippen molar-refractivity contribution in [2.75, 3.05) is 0 Å². The van der Waals surface area contributed by atoms with E-state index in [1.54, 1.807) is 16.7 Å². The van der Waals surface area contributed by atoms with Gasteiger partial charge in [0.1, 0.15) is 0 Å². The Morgan fingerprint density at radius 2 is 1.62 bits per heavy atom. The maximum atomic E-state index is 10.7. The Morgan fingerprint density at radius 3 is 2.19 bits per heavy atom. The minimum Gasteiger partial charge on any atom is -0.494 e. The van der Waals surface area contributed by atoms with E-state index < -0.39 is 0 Å². The van der Waals surface area contributed by atoms with E-state index in [4.69, 9.17) is 11.6 Å². The van der Waals surface area contributed by atoms with Gasteiger partial charge in [0.2, 0.25) is 11.8 Å². The number of fused-ring (bicyclic) bond motifs is 1. The van der Waals surface area contributed by atoms with Crippen LogP contribution in [0.25, 0.3) is 5.69 Å². The van der Waals surface area contributed by atoms with Crippen molar-refractivity contribution in [2.24, 2.45) is 11.8 Å². The van der Waals surface area contributed by atoms with Gasteiger partial charge in [-0.05, 0) is 61.1 Å². The Hall–Kier alpha value is -1.61. The van der Waals surface area contributed by atoms with Gasteiger partial charge in [-0.3, -0.25) is 4.57 Å². The van der Waals surface area contributed by atoms with Crippen molar-refractivity contribution in [3.05, 3.63) is 40.4 Å². The minimum absolute atomic E-state index is 0.213. The van der Waals surface area contributed by atoms with E-state index in [1.165, 1.54) is 6.42 Å². The molecule has 21 heavy (non-hydrogen) atoms. The largest absolute Gasteiger partial charge is 0.494 e. The van der Waals surface area contributed by atoms with Gasteiger partial charge in [0.25, 0.3) is 0 Å². The SMILES string of the molecule is Oc1c2c(c(O)n1-c1cccc(Cl)c1)[C@@H]1CC[C@H]2[C@H]2C[C@H]21. The first-order valence-corrected chi connectivity index (χ1v) is 7.97. The van der Waals surface area contributed by atoms with E-state index in [0.717, 1.165) is 41.5 Å². The van der Waals surface area contributed by atoms with Gasteiger partial charge in [-0.25, -0.2) is 0 Å². The van der Waals surface area contributed by atoms with Gasteiger partial charge < -0.3 is 10.2 Å². The highest BCUT2D eigenvalue weighted by Crippen LogP contribution is 2.70. The summed E-state index contributed by atoms with van der Waals surface area (Å²) in [5.74, 6) is 2.76. The molecular weight excluding hydrogens is 286 g/mol. The van der Waals surface area contributed by atoms with E-state index in [0.29, 0.717) is 16.9 Å². The van der Waals surface area contributed by atoms with Gasteiger partial charge in [0.05, 0.1) is 5.69 Å². The summed E-state index contributed by atoms with van der Waals surface area (Å²) >= 11 is 6.05. The molecule has 108 valence electrons. The summed E-state index contributed by atoms with van der Waals surface area (Å²) in [6.07, 6.45) is 3.55. The number of benzene rings is 1. The molecule has 4 aliphatic rings. The Morgan fingerprint density at radius 1 is 1.00 bits per heavy atom. The fraction of sp³-hybridized carbons (Fsp3) is 0.412. The maximum absolute atomic E-state index is 10.7. The highest BCUT2D eigenvalue weighted by atomic mass is 35.5. The fourth-order valence-corrected chi connectivity index (χ4v) is 5.02. The molecule has 6 rings (SSSR count). The quantitative estimate of drug-likeness (QED) is 0.831. The Bertz CT molecular complexity index is 727. The van der Waals surface area contributed by atoms with Crippen LogP contribution < -0.4 is 0 Å². The number of aromatic hydroxyl groups is 2. The third-order valence-electron chi connectivity index (χ3n) is 5.72. The number of halogens is 1. The number of aromatic nitrogens is 1. The van der Waals surface area contributed by atoms with Crippen molar-refractivity contribution in [1.29, 1.82) is 0 Å². The van der Waals surface area contributed by atoms with E-state index in [1.807, 2.05) is 12.1 Å². The lowest BCUT2D eigenvalue weighted by Gasteiger charge is -2.35. The van der Waals surface area contributed by atoms with Gasteiger partial charge in [-0.2, -0.15) is 0 Å². The van der Waals surface area contributed by atoms with Gasteiger partial charge in [-0.15, -0.1) is 0 Å². The topological polar surface area (TPSA) is 45.4 Å². The molecule has 3 nitrogen and oxygen atoms in total. The number of nitrogens with zero attached hydrogens (tertiary/aromatic N) is 1. The molecule has 0 saturated heterocycles. The van der Waals surface area contributed by atoms with Gasteiger partial charge in [0.15, 0.2) is 0 Å². The van der Waals surface area contributed by atoms with E-state index >= 15 is 0 Å². The third kappa shape index (κ3) is 1.40. The van der Waals surface area contributed by atoms with Crippen LogP contribution in [0.3, 0.4) is 0 Å². The van der Waals surface area contributed by atoms with Crippen molar-refractivity contribution in [3.63, 3.8) is 0 Å². The second-order valence-electron chi connectivity index (χ2n) is 6.64. The zero-order valence-electron chi connectivity index (χ0n) is 11.5. The smallest absolute Gasteiger partial charge is 0.202 e. The van der Waals surface area contributed by atoms with Crippen LogP contribution in [-0.2, 0) is 0 Å². The molecule has 0 amide bonds. The summed E-state index contributed by atoms with van der Waals surface area (Å²) in [5, 5.41) is 22.0. The minimum atomic E-state index is 0.213. The second kappa shape index (κ2) is 3.77. The second-order valence-corrected chi connectivity index (χ2v) is 7.08. The molecule has 2 bridgehead atoms. The highest BCUT2D eigenvalue weighted by molar-refractivity contribution is 6.30. The molecular formula is C17H16ClNO2. The van der Waals surface area contributed by atoms with Crippen molar-refractivity contribution in [3.8, 4) is 17.4 Å². The Kier molecular flexibility index (Phi) is 2.15. The molecule has 4 aliphatic carbocycles. The molecule has 4 heteroatoms. The molecule has 0 aliphatic heterocycles. The number of hydrogen-bond acceptors (Lipinski definition) is 2. The van der Waals surface area contributed by atoms with Crippen LogP contribution in [-0.4, -0.2) is 14.8 Å². The summed E-state index contributed by atoms with van der Waals surface area (Å²) in [5.41, 5.74) is 2.73. The molecule has 1 heterocycles.